The molecule has 0 bridgehead atoms. The largest absolute Gasteiger partial charge is 0.342 e. The molecule has 1 fully saturated rings. The van der Waals surface area contributed by atoms with Crippen LogP contribution >= 0.6 is 11.8 Å². The monoisotopic (exact) mass is 319 g/mol. The van der Waals surface area contributed by atoms with E-state index >= 15 is 0 Å². The highest BCUT2D eigenvalue weighted by Gasteiger charge is 2.25. The molecule has 1 atom stereocenters. The fourth-order valence-electron chi connectivity index (χ4n) is 2.59. The maximum Gasteiger partial charge on any atom is 0.249 e. The third kappa shape index (κ3) is 3.35. The molecule has 1 saturated carbocycles. The zero-order valence-electron chi connectivity index (χ0n) is 12.7. The highest BCUT2D eigenvalue weighted by atomic mass is 32.2. The number of amides is 1. The Hall–Kier alpha value is -1.76. The molecule has 6 nitrogen and oxygen atoms in total. The van der Waals surface area contributed by atoms with Gasteiger partial charge in [-0.25, -0.2) is 0 Å². The van der Waals surface area contributed by atoms with Crippen molar-refractivity contribution in [2.75, 3.05) is 17.3 Å². The first-order chi connectivity index (χ1) is 10.8. The van der Waals surface area contributed by atoms with Crippen LogP contribution in [0, 0.1) is 0 Å². The van der Waals surface area contributed by atoms with Gasteiger partial charge in [-0.3, -0.25) is 15.2 Å². The summed E-state index contributed by atoms with van der Waals surface area (Å²) in [6.07, 6.45) is 10.2. The fraction of sp³-hybridized carbons (Fsp3) is 0.533. The normalized spacial score (nSPS) is 16.2. The maximum atomic E-state index is 12.5. The quantitative estimate of drug-likeness (QED) is 0.823. The average molecular weight is 319 g/mol. The first-order valence-corrected chi connectivity index (χ1v) is 9.02. The molecule has 22 heavy (non-hydrogen) atoms. The number of aromatic amines is 1. The van der Waals surface area contributed by atoms with E-state index in [2.05, 4.69) is 20.5 Å². The number of thioether (sulfide) groups is 1. The van der Waals surface area contributed by atoms with Crippen molar-refractivity contribution in [2.45, 2.75) is 37.6 Å². The number of nitrogens with one attached hydrogen (secondary N) is 2. The van der Waals surface area contributed by atoms with Crippen molar-refractivity contribution < 1.29 is 4.79 Å². The average Bonchev–Trinajstić information content (AvgIpc) is 3.10. The number of carbonyl (C=O) groups excluding carboxylic acids is 1. The molecule has 2 heterocycles. The lowest BCUT2D eigenvalue weighted by Crippen LogP contribution is -2.26. The highest BCUT2D eigenvalue weighted by Crippen LogP contribution is 2.34. The van der Waals surface area contributed by atoms with Gasteiger partial charge in [-0.2, -0.15) is 16.7 Å². The van der Waals surface area contributed by atoms with Crippen molar-refractivity contribution in [3.63, 3.8) is 0 Å². The van der Waals surface area contributed by atoms with Crippen LogP contribution < -0.4 is 5.32 Å². The van der Waals surface area contributed by atoms with E-state index < -0.39 is 0 Å². The number of hydrogen-bond acceptors (Lipinski definition) is 4. The van der Waals surface area contributed by atoms with E-state index in [-0.39, 0.29) is 11.9 Å². The van der Waals surface area contributed by atoms with Crippen LogP contribution in [0.3, 0.4) is 0 Å². The summed E-state index contributed by atoms with van der Waals surface area (Å²) in [5, 5.41) is 9.90. The second-order valence-electron chi connectivity index (χ2n) is 5.59. The zero-order valence-corrected chi connectivity index (χ0v) is 13.5. The number of nitrogens with zero attached hydrogens (tertiary/aromatic N) is 3. The summed E-state index contributed by atoms with van der Waals surface area (Å²) in [6, 6.07) is 3.63. The molecule has 0 aromatic carbocycles. The molecule has 7 heteroatoms. The standard InChI is InChI=1S/C15H21N5OS/c1-22-10-7-12(20-8-2-3-9-20)14(21)17-15-16-13(18-19-15)11-5-4-6-11/h2-3,8-9,11-12H,4-7,10H2,1H3,(H2,16,17,18,19,21). The molecule has 118 valence electrons. The van der Waals surface area contributed by atoms with Gasteiger partial charge in [-0.1, -0.05) is 6.42 Å². The minimum absolute atomic E-state index is 0.0654. The molecule has 1 amide bonds. The molecule has 0 aliphatic heterocycles. The number of carbonyl (C=O) groups is 1. The highest BCUT2D eigenvalue weighted by molar-refractivity contribution is 7.98. The van der Waals surface area contributed by atoms with Gasteiger partial charge in [0.15, 0.2) is 0 Å². The van der Waals surface area contributed by atoms with Crippen molar-refractivity contribution in [1.29, 1.82) is 0 Å². The second-order valence-corrected chi connectivity index (χ2v) is 6.57. The van der Waals surface area contributed by atoms with E-state index in [0.717, 1.165) is 30.8 Å². The van der Waals surface area contributed by atoms with Gasteiger partial charge in [-0.15, -0.1) is 5.10 Å². The lowest BCUT2D eigenvalue weighted by atomic mass is 9.85. The van der Waals surface area contributed by atoms with Gasteiger partial charge in [0.1, 0.15) is 11.9 Å². The van der Waals surface area contributed by atoms with Gasteiger partial charge in [-0.05, 0) is 43.4 Å². The third-order valence-electron chi connectivity index (χ3n) is 4.12. The van der Waals surface area contributed by atoms with Crippen LogP contribution in [0.1, 0.15) is 43.5 Å². The number of anilines is 1. The van der Waals surface area contributed by atoms with Crippen molar-refractivity contribution in [2.24, 2.45) is 0 Å². The molecule has 1 aliphatic carbocycles. The summed E-state index contributed by atoms with van der Waals surface area (Å²) >= 11 is 1.74. The first kappa shape index (κ1) is 15.1. The second kappa shape index (κ2) is 7.00. The van der Waals surface area contributed by atoms with Crippen LogP contribution in [0.15, 0.2) is 24.5 Å². The van der Waals surface area contributed by atoms with Gasteiger partial charge in [0.25, 0.3) is 0 Å². The van der Waals surface area contributed by atoms with Crippen LogP contribution in [-0.2, 0) is 4.79 Å². The molecular weight excluding hydrogens is 298 g/mol. The van der Waals surface area contributed by atoms with E-state index in [1.54, 1.807) is 11.8 Å². The van der Waals surface area contributed by atoms with Crippen molar-refractivity contribution in [3.8, 4) is 0 Å². The van der Waals surface area contributed by atoms with Crippen LogP contribution in [0.25, 0.3) is 0 Å². The molecule has 3 rings (SSSR count). The van der Waals surface area contributed by atoms with Crippen LogP contribution in [0.4, 0.5) is 5.95 Å². The lowest BCUT2D eigenvalue weighted by Gasteiger charge is -2.22. The Balaban J connectivity index is 1.66. The summed E-state index contributed by atoms with van der Waals surface area (Å²) in [6.45, 7) is 0. The van der Waals surface area contributed by atoms with Crippen molar-refractivity contribution >= 4 is 23.6 Å². The molecule has 0 radical (unpaired) electrons. The van der Waals surface area contributed by atoms with Crippen LogP contribution in [0.5, 0.6) is 0 Å². The minimum Gasteiger partial charge on any atom is -0.342 e. The lowest BCUT2D eigenvalue weighted by molar-refractivity contribution is -0.119. The number of hydrogen-bond donors (Lipinski definition) is 2. The van der Waals surface area contributed by atoms with Gasteiger partial charge in [0.05, 0.1) is 0 Å². The molecule has 2 aromatic heterocycles. The first-order valence-electron chi connectivity index (χ1n) is 7.62. The Morgan fingerprint density at radius 3 is 2.91 bits per heavy atom. The van der Waals surface area contributed by atoms with E-state index in [1.807, 2.05) is 35.3 Å². The Morgan fingerprint density at radius 2 is 2.27 bits per heavy atom. The number of H-pyrrole nitrogens is 1. The molecule has 2 aromatic rings. The Morgan fingerprint density at radius 1 is 1.50 bits per heavy atom. The van der Waals surface area contributed by atoms with E-state index in [1.165, 1.54) is 6.42 Å². The predicted octanol–water partition coefficient (Wildman–Crippen LogP) is 2.81. The molecule has 1 unspecified atom stereocenters. The van der Waals surface area contributed by atoms with Crippen LogP contribution in [0.2, 0.25) is 0 Å². The smallest absolute Gasteiger partial charge is 0.249 e. The zero-order chi connectivity index (χ0) is 15.4. The predicted molar refractivity (Wildman–Crippen MR) is 88.1 cm³/mol. The van der Waals surface area contributed by atoms with Gasteiger partial charge >= 0.3 is 0 Å². The summed E-state index contributed by atoms with van der Waals surface area (Å²) in [5.74, 6) is 2.62. The van der Waals surface area contributed by atoms with E-state index in [0.29, 0.717) is 11.9 Å². The Kier molecular flexibility index (Phi) is 4.82. The van der Waals surface area contributed by atoms with Crippen LogP contribution in [-0.4, -0.2) is 37.7 Å². The molecule has 0 spiro atoms. The van der Waals surface area contributed by atoms with Crippen molar-refractivity contribution in [3.05, 3.63) is 30.4 Å². The van der Waals surface area contributed by atoms with E-state index in [9.17, 15) is 4.79 Å². The van der Waals surface area contributed by atoms with Gasteiger partial charge < -0.3 is 4.57 Å². The maximum absolute atomic E-state index is 12.5. The Bertz CT molecular complexity index is 605. The summed E-state index contributed by atoms with van der Waals surface area (Å²) in [5.41, 5.74) is 0. The molecular formula is C15H21N5OS. The fourth-order valence-corrected chi connectivity index (χ4v) is 3.05. The summed E-state index contributed by atoms with van der Waals surface area (Å²) in [4.78, 5) is 16.9. The molecule has 1 aliphatic rings. The Labute approximate surface area is 134 Å². The SMILES string of the molecule is CSCCC(C(=O)Nc1n[nH]c(C2CCC2)n1)n1cccc1. The molecule has 2 N–H and O–H groups in total. The summed E-state index contributed by atoms with van der Waals surface area (Å²) in [7, 11) is 0. The van der Waals surface area contributed by atoms with Gasteiger partial charge in [0, 0.05) is 18.3 Å². The van der Waals surface area contributed by atoms with E-state index in [4.69, 9.17) is 0 Å². The topological polar surface area (TPSA) is 75.6 Å². The number of aromatic nitrogens is 4. The van der Waals surface area contributed by atoms with Crippen molar-refractivity contribution in [1.82, 2.24) is 19.7 Å². The molecule has 0 saturated heterocycles. The minimum atomic E-state index is -0.229. The third-order valence-corrected chi connectivity index (χ3v) is 4.76. The number of rotatable bonds is 7. The van der Waals surface area contributed by atoms with Gasteiger partial charge in [0.2, 0.25) is 11.9 Å². The summed E-state index contributed by atoms with van der Waals surface area (Å²) < 4.78 is 1.94.